The number of halogens is 3. The van der Waals surface area contributed by atoms with E-state index in [2.05, 4.69) is 73.1 Å². The number of nitrogens with one attached hydrogen (secondary N) is 1. The molecule has 1 aromatic carbocycles. The first-order valence-corrected chi connectivity index (χ1v) is 8.28. The molecule has 1 amide bonds. The van der Waals surface area contributed by atoms with E-state index in [1.54, 1.807) is 13.0 Å². The number of carboxylic acids is 1. The van der Waals surface area contributed by atoms with E-state index in [9.17, 15) is 9.59 Å². The maximum atomic E-state index is 12.1. The molecule has 2 N–H and O–H groups in total. The predicted octanol–water partition coefficient (Wildman–Crippen LogP) is 3.09. The molecule has 0 aliphatic carbocycles. The summed E-state index contributed by atoms with van der Waals surface area (Å²) in [6.07, 6.45) is 0.360. The van der Waals surface area contributed by atoms with Gasteiger partial charge in [0.2, 0.25) is 0 Å². The number of amides is 1. The minimum atomic E-state index is -1.01. The Morgan fingerprint density at radius 1 is 1.33 bits per heavy atom. The van der Waals surface area contributed by atoms with Gasteiger partial charge in [0.05, 0.1) is 5.56 Å². The molecule has 0 fully saturated rings. The summed E-state index contributed by atoms with van der Waals surface area (Å²) in [6, 6.07) is 2.88. The molecule has 0 saturated carbocycles. The molecule has 0 aliphatic heterocycles. The fourth-order valence-electron chi connectivity index (χ4n) is 1.30. The van der Waals surface area contributed by atoms with Gasteiger partial charge < -0.3 is 10.4 Å². The molecule has 0 aliphatic rings. The fourth-order valence-corrected chi connectivity index (χ4v) is 3.70. The van der Waals surface area contributed by atoms with Crippen molar-refractivity contribution in [1.82, 2.24) is 5.32 Å². The monoisotopic (exact) mass is 585 g/mol. The molecule has 4 nitrogen and oxygen atoms in total. The predicted molar refractivity (Wildman–Crippen MR) is 93.8 cm³/mol. The van der Waals surface area contributed by atoms with E-state index in [1.165, 1.54) is 0 Å². The first-order valence-electron chi connectivity index (χ1n) is 5.05. The van der Waals surface area contributed by atoms with E-state index < -0.39 is 12.0 Å². The van der Waals surface area contributed by atoms with Crippen LogP contribution in [0.2, 0.25) is 0 Å². The fraction of sp³-hybridized carbons (Fsp3) is 0.273. The van der Waals surface area contributed by atoms with Crippen molar-refractivity contribution in [3.05, 3.63) is 28.4 Å². The first kappa shape index (κ1) is 16.4. The van der Waals surface area contributed by atoms with Crippen molar-refractivity contribution in [2.24, 2.45) is 0 Å². The second-order valence-electron chi connectivity index (χ2n) is 3.52. The zero-order valence-electron chi connectivity index (χ0n) is 9.34. The molecule has 0 radical (unpaired) electrons. The summed E-state index contributed by atoms with van der Waals surface area (Å²) in [7, 11) is 0. The zero-order valence-corrected chi connectivity index (χ0v) is 15.8. The highest BCUT2D eigenvalue weighted by Gasteiger charge is 2.20. The number of carbonyl (C=O) groups excluding carboxylic acids is 1. The van der Waals surface area contributed by atoms with Crippen LogP contribution in [0.1, 0.15) is 23.7 Å². The number of carbonyl (C=O) groups is 2. The Bertz CT molecular complexity index is 491. The Kier molecular flexibility index (Phi) is 6.58. The third-order valence-corrected chi connectivity index (χ3v) is 5.92. The van der Waals surface area contributed by atoms with Crippen molar-refractivity contribution >= 4 is 79.6 Å². The van der Waals surface area contributed by atoms with E-state index in [4.69, 9.17) is 5.11 Å². The smallest absolute Gasteiger partial charge is 0.326 e. The van der Waals surface area contributed by atoms with Gasteiger partial charge >= 0.3 is 5.97 Å². The van der Waals surface area contributed by atoms with Crippen molar-refractivity contribution in [3.8, 4) is 0 Å². The van der Waals surface area contributed by atoms with Gasteiger partial charge in [0.25, 0.3) is 5.91 Å². The molecule has 98 valence electrons. The topological polar surface area (TPSA) is 66.4 Å². The Balaban J connectivity index is 3.01. The van der Waals surface area contributed by atoms with Crippen molar-refractivity contribution in [1.29, 1.82) is 0 Å². The van der Waals surface area contributed by atoms with Gasteiger partial charge in [0.15, 0.2) is 0 Å². The molecule has 1 aromatic rings. The van der Waals surface area contributed by atoms with Crippen LogP contribution in [-0.4, -0.2) is 23.0 Å². The van der Waals surface area contributed by atoms with Crippen LogP contribution in [0.25, 0.3) is 0 Å². The number of hydrogen-bond acceptors (Lipinski definition) is 2. The standard InChI is InChI=1S/C11H10I3NO3/c1-2-8(11(17)18)15-10(16)6-3-5(12)4-7(13)9(6)14/h3-4,8H,2H2,1H3,(H,15,16)(H,17,18)/t8-/m0/s1. The molecule has 0 bridgehead atoms. The third-order valence-electron chi connectivity index (χ3n) is 2.25. The summed E-state index contributed by atoms with van der Waals surface area (Å²) >= 11 is 6.38. The second-order valence-corrected chi connectivity index (χ2v) is 7.01. The van der Waals surface area contributed by atoms with Gasteiger partial charge in [-0.3, -0.25) is 4.79 Å². The summed E-state index contributed by atoms with van der Waals surface area (Å²) in [5.74, 6) is -1.36. The molecule has 0 aromatic heterocycles. The first-order chi connectivity index (χ1) is 8.36. The lowest BCUT2D eigenvalue weighted by Gasteiger charge is -2.13. The van der Waals surface area contributed by atoms with Gasteiger partial charge in [0.1, 0.15) is 6.04 Å². The molecule has 0 saturated heterocycles. The average Bonchev–Trinajstić information content (AvgIpc) is 2.29. The van der Waals surface area contributed by atoms with Crippen LogP contribution in [0.3, 0.4) is 0 Å². The van der Waals surface area contributed by atoms with Crippen molar-refractivity contribution in [3.63, 3.8) is 0 Å². The number of aliphatic carboxylic acids is 1. The lowest BCUT2D eigenvalue weighted by Crippen LogP contribution is -2.40. The Labute approximate surface area is 146 Å². The number of hydrogen-bond donors (Lipinski definition) is 2. The maximum absolute atomic E-state index is 12.1. The normalized spacial score (nSPS) is 12.0. The quantitative estimate of drug-likeness (QED) is 0.422. The highest BCUT2D eigenvalue weighted by Crippen LogP contribution is 2.22. The third kappa shape index (κ3) is 4.18. The number of benzene rings is 1. The van der Waals surface area contributed by atoms with Crippen molar-refractivity contribution in [2.45, 2.75) is 19.4 Å². The van der Waals surface area contributed by atoms with E-state index in [0.29, 0.717) is 12.0 Å². The lowest BCUT2D eigenvalue weighted by molar-refractivity contribution is -0.139. The molecular formula is C11H10I3NO3. The Morgan fingerprint density at radius 3 is 2.44 bits per heavy atom. The van der Waals surface area contributed by atoms with Gasteiger partial charge in [0, 0.05) is 10.7 Å². The molecular weight excluding hydrogens is 575 g/mol. The summed E-state index contributed by atoms with van der Waals surface area (Å²) in [4.78, 5) is 23.0. The van der Waals surface area contributed by atoms with Gasteiger partial charge in [-0.25, -0.2) is 4.79 Å². The van der Waals surface area contributed by atoms with Crippen LogP contribution in [0.15, 0.2) is 12.1 Å². The highest BCUT2D eigenvalue weighted by molar-refractivity contribution is 14.1. The summed E-state index contributed by atoms with van der Waals surface area (Å²) < 4.78 is 2.77. The zero-order chi connectivity index (χ0) is 13.9. The van der Waals surface area contributed by atoms with Crippen molar-refractivity contribution in [2.75, 3.05) is 0 Å². The molecule has 7 heteroatoms. The molecule has 1 rings (SSSR count). The van der Waals surface area contributed by atoms with Gasteiger partial charge in [-0.2, -0.15) is 0 Å². The lowest BCUT2D eigenvalue weighted by atomic mass is 10.1. The molecule has 0 heterocycles. The van der Waals surface area contributed by atoms with Gasteiger partial charge in [-0.1, -0.05) is 6.92 Å². The molecule has 0 spiro atoms. The van der Waals surface area contributed by atoms with E-state index in [1.807, 2.05) is 6.07 Å². The minimum Gasteiger partial charge on any atom is -0.480 e. The van der Waals surface area contributed by atoms with Gasteiger partial charge in [-0.15, -0.1) is 0 Å². The number of rotatable bonds is 4. The van der Waals surface area contributed by atoms with E-state index >= 15 is 0 Å². The maximum Gasteiger partial charge on any atom is 0.326 e. The number of carboxylic acid groups (broad SMARTS) is 1. The summed E-state index contributed by atoms with van der Waals surface area (Å²) in [6.45, 7) is 1.72. The largest absolute Gasteiger partial charge is 0.480 e. The van der Waals surface area contributed by atoms with Crippen molar-refractivity contribution < 1.29 is 14.7 Å². The van der Waals surface area contributed by atoms with Crippen LogP contribution >= 0.6 is 67.8 Å². The molecule has 18 heavy (non-hydrogen) atoms. The van der Waals surface area contributed by atoms with Crippen LogP contribution in [0, 0.1) is 10.7 Å². The second kappa shape index (κ2) is 7.22. The average molecular weight is 585 g/mol. The minimum absolute atomic E-state index is 0.343. The van der Waals surface area contributed by atoms with Gasteiger partial charge in [-0.05, 0) is 86.3 Å². The van der Waals surface area contributed by atoms with E-state index in [-0.39, 0.29) is 5.91 Å². The molecule has 1 atom stereocenters. The summed E-state index contributed by atoms with van der Waals surface area (Å²) in [5, 5.41) is 11.5. The van der Waals surface area contributed by atoms with Crippen LogP contribution < -0.4 is 5.32 Å². The summed E-state index contributed by atoms with van der Waals surface area (Å²) in [5.41, 5.74) is 0.520. The van der Waals surface area contributed by atoms with Crippen LogP contribution in [-0.2, 0) is 4.79 Å². The Morgan fingerprint density at radius 2 is 1.94 bits per heavy atom. The molecule has 0 unspecified atom stereocenters. The van der Waals surface area contributed by atoms with Crippen LogP contribution in [0.4, 0.5) is 0 Å². The SMILES string of the molecule is CC[C@H](NC(=O)c1cc(I)cc(I)c1I)C(=O)O. The van der Waals surface area contributed by atoms with E-state index in [0.717, 1.165) is 10.7 Å². The van der Waals surface area contributed by atoms with Crippen LogP contribution in [0.5, 0.6) is 0 Å². The highest BCUT2D eigenvalue weighted by atomic mass is 127. The Hall–Kier alpha value is 0.350.